The normalized spacial score (nSPS) is 20.2. The maximum absolute atomic E-state index is 13.9. The van der Waals surface area contributed by atoms with Crippen molar-refractivity contribution < 1.29 is 18.7 Å². The molecular formula is C16H15FN2O3S. The number of benzene rings is 1. The topological polar surface area (TPSA) is 67.4 Å². The summed E-state index contributed by atoms with van der Waals surface area (Å²) in [6, 6.07) is 5.43. The van der Waals surface area contributed by atoms with Gasteiger partial charge in [-0.15, -0.1) is 0 Å². The molecule has 1 aliphatic rings. The first kappa shape index (κ1) is 15.5. The molecule has 2 aromatic rings. The fraction of sp³-hybridized carbons (Fsp3) is 0.250. The lowest BCUT2D eigenvalue weighted by Crippen LogP contribution is -2.24. The fourth-order valence-electron chi connectivity index (χ4n) is 2.37. The monoisotopic (exact) mass is 334 g/mol. The Bertz CT molecular complexity index is 733. The summed E-state index contributed by atoms with van der Waals surface area (Å²) < 4.78 is 19.0. The molecule has 5 nitrogen and oxygen atoms in total. The molecule has 1 amide bonds. The molecule has 0 aliphatic carbocycles. The molecule has 2 N–H and O–H groups in total. The molecule has 3 rings (SSSR count). The number of carbonyl (C=O) groups excluding carboxylic acids is 2. The van der Waals surface area contributed by atoms with Crippen LogP contribution >= 0.6 is 11.3 Å². The lowest BCUT2D eigenvalue weighted by atomic mass is 10.1. The van der Waals surface area contributed by atoms with E-state index in [1.54, 1.807) is 16.8 Å². The Hall–Kier alpha value is -2.41. The third-order valence-electron chi connectivity index (χ3n) is 3.51. The lowest BCUT2D eigenvalue weighted by Gasteiger charge is -2.13. The van der Waals surface area contributed by atoms with E-state index in [1.165, 1.54) is 29.5 Å². The minimum absolute atomic E-state index is 0.0608. The average molecular weight is 334 g/mol. The van der Waals surface area contributed by atoms with Gasteiger partial charge in [0.05, 0.1) is 11.3 Å². The summed E-state index contributed by atoms with van der Waals surface area (Å²) >= 11 is 1.39. The second kappa shape index (κ2) is 6.37. The Labute approximate surface area is 136 Å². The van der Waals surface area contributed by atoms with Crippen LogP contribution in [0.25, 0.3) is 0 Å². The predicted molar refractivity (Wildman–Crippen MR) is 86.3 cm³/mol. The van der Waals surface area contributed by atoms with Gasteiger partial charge in [0.1, 0.15) is 18.0 Å². The van der Waals surface area contributed by atoms with Crippen LogP contribution in [0.2, 0.25) is 0 Å². The Morgan fingerprint density at radius 3 is 2.87 bits per heavy atom. The van der Waals surface area contributed by atoms with Crippen LogP contribution in [0, 0.1) is 5.82 Å². The number of esters is 1. The van der Waals surface area contributed by atoms with E-state index < -0.39 is 11.9 Å². The quantitative estimate of drug-likeness (QED) is 0.842. The van der Waals surface area contributed by atoms with Gasteiger partial charge in [-0.3, -0.25) is 4.79 Å². The van der Waals surface area contributed by atoms with E-state index in [9.17, 15) is 14.0 Å². The molecule has 1 aromatic heterocycles. The molecule has 0 spiro atoms. The number of amides is 1. The molecule has 0 unspecified atom stereocenters. The van der Waals surface area contributed by atoms with Crippen LogP contribution in [-0.4, -0.2) is 24.0 Å². The highest BCUT2D eigenvalue weighted by Crippen LogP contribution is 2.24. The fourth-order valence-corrected chi connectivity index (χ4v) is 3.01. The van der Waals surface area contributed by atoms with E-state index >= 15 is 0 Å². The minimum atomic E-state index is -0.540. The third-order valence-corrected chi connectivity index (χ3v) is 4.19. The minimum Gasteiger partial charge on any atom is -0.461 e. The number of anilines is 2. The van der Waals surface area contributed by atoms with E-state index in [2.05, 4.69) is 10.6 Å². The number of rotatable bonds is 4. The first-order valence-electron chi connectivity index (χ1n) is 7.13. The molecule has 1 saturated heterocycles. The van der Waals surface area contributed by atoms with E-state index in [0.717, 1.165) is 0 Å². The summed E-state index contributed by atoms with van der Waals surface area (Å²) in [7, 11) is 0. The van der Waals surface area contributed by atoms with Crippen LogP contribution in [0.3, 0.4) is 0 Å². The first-order valence-corrected chi connectivity index (χ1v) is 8.07. The van der Waals surface area contributed by atoms with Gasteiger partial charge >= 0.3 is 5.97 Å². The second-order valence-electron chi connectivity index (χ2n) is 5.34. The van der Waals surface area contributed by atoms with Gasteiger partial charge in [-0.25, -0.2) is 9.18 Å². The van der Waals surface area contributed by atoms with Crippen molar-refractivity contribution in [1.82, 2.24) is 0 Å². The maximum Gasteiger partial charge on any atom is 0.328 e. The van der Waals surface area contributed by atoms with Crippen LogP contribution in [0.5, 0.6) is 0 Å². The molecule has 120 valence electrons. The van der Waals surface area contributed by atoms with Crippen LogP contribution in [0.1, 0.15) is 23.7 Å². The number of carbonyl (C=O) groups is 2. The molecule has 2 atom stereocenters. The number of cyclic esters (lactones) is 1. The summed E-state index contributed by atoms with van der Waals surface area (Å²) in [5, 5.41) is 9.00. The van der Waals surface area contributed by atoms with Crippen molar-refractivity contribution in [2.75, 3.05) is 10.6 Å². The molecule has 1 aromatic carbocycles. The number of hydrogen-bond acceptors (Lipinski definition) is 5. The highest BCUT2D eigenvalue weighted by Gasteiger charge is 2.31. The van der Waals surface area contributed by atoms with Crippen molar-refractivity contribution in [3.8, 4) is 0 Å². The first-order chi connectivity index (χ1) is 11.0. The number of thiophene rings is 1. The SMILES string of the molecule is C[C@H]1C[C@H](Nc2ccc(F)c(NC(=O)c3ccsc3)c2)C(=O)O1. The van der Waals surface area contributed by atoms with E-state index in [-0.39, 0.29) is 23.7 Å². The van der Waals surface area contributed by atoms with Crippen molar-refractivity contribution in [3.63, 3.8) is 0 Å². The average Bonchev–Trinajstić information content (AvgIpc) is 3.13. The van der Waals surface area contributed by atoms with Gasteiger partial charge in [0.15, 0.2) is 0 Å². The van der Waals surface area contributed by atoms with Gasteiger partial charge in [-0.1, -0.05) is 0 Å². The summed E-state index contributed by atoms with van der Waals surface area (Å²) in [6.07, 6.45) is 0.408. The Morgan fingerprint density at radius 1 is 1.39 bits per heavy atom. The smallest absolute Gasteiger partial charge is 0.328 e. The van der Waals surface area contributed by atoms with Gasteiger partial charge in [-0.05, 0) is 36.6 Å². The van der Waals surface area contributed by atoms with Gasteiger partial charge in [0.2, 0.25) is 0 Å². The zero-order valence-corrected chi connectivity index (χ0v) is 13.2. The Balaban J connectivity index is 1.74. The van der Waals surface area contributed by atoms with Crippen molar-refractivity contribution >= 4 is 34.6 Å². The third kappa shape index (κ3) is 3.50. The van der Waals surface area contributed by atoms with Gasteiger partial charge in [0, 0.05) is 17.5 Å². The number of halogens is 1. The highest BCUT2D eigenvalue weighted by molar-refractivity contribution is 7.08. The number of ether oxygens (including phenoxy) is 1. The van der Waals surface area contributed by atoms with Crippen LogP contribution in [0.15, 0.2) is 35.0 Å². The molecule has 0 saturated carbocycles. The zero-order chi connectivity index (χ0) is 16.4. The highest BCUT2D eigenvalue weighted by atomic mass is 32.1. The summed E-state index contributed by atoms with van der Waals surface area (Å²) in [4.78, 5) is 23.7. The van der Waals surface area contributed by atoms with E-state index in [4.69, 9.17) is 4.74 Å². The van der Waals surface area contributed by atoms with Crippen LogP contribution in [-0.2, 0) is 9.53 Å². The second-order valence-corrected chi connectivity index (χ2v) is 6.12. The standard InChI is InChI=1S/C16H15FN2O3S/c1-9-6-14(16(21)22-9)18-11-2-3-12(17)13(7-11)19-15(20)10-4-5-23-8-10/h2-5,7-9,14,18H,6H2,1H3,(H,19,20)/t9-,14-/m0/s1. The van der Waals surface area contributed by atoms with Crippen molar-refractivity contribution in [2.24, 2.45) is 0 Å². The zero-order valence-electron chi connectivity index (χ0n) is 12.3. The van der Waals surface area contributed by atoms with Crippen molar-refractivity contribution in [3.05, 3.63) is 46.4 Å². The predicted octanol–water partition coefficient (Wildman–Crippen LogP) is 3.26. The molecule has 2 heterocycles. The Kier molecular flexibility index (Phi) is 4.29. The van der Waals surface area contributed by atoms with E-state index in [0.29, 0.717) is 17.7 Å². The molecule has 7 heteroatoms. The lowest BCUT2D eigenvalue weighted by molar-refractivity contribution is -0.141. The van der Waals surface area contributed by atoms with Gasteiger partial charge in [-0.2, -0.15) is 11.3 Å². The van der Waals surface area contributed by atoms with Crippen molar-refractivity contribution in [2.45, 2.75) is 25.5 Å². The molecule has 1 fully saturated rings. The van der Waals surface area contributed by atoms with Crippen LogP contribution < -0.4 is 10.6 Å². The van der Waals surface area contributed by atoms with Gasteiger partial charge in [0.25, 0.3) is 5.91 Å². The molecule has 1 aliphatic heterocycles. The van der Waals surface area contributed by atoms with E-state index in [1.807, 2.05) is 6.92 Å². The molecule has 0 bridgehead atoms. The summed E-state index contributed by atoms with van der Waals surface area (Å²) in [5.74, 6) is -1.25. The van der Waals surface area contributed by atoms with Crippen LogP contribution in [0.4, 0.5) is 15.8 Å². The largest absolute Gasteiger partial charge is 0.461 e. The maximum atomic E-state index is 13.9. The number of hydrogen-bond donors (Lipinski definition) is 2. The number of nitrogens with one attached hydrogen (secondary N) is 2. The molecular weight excluding hydrogens is 319 g/mol. The molecule has 0 radical (unpaired) electrons. The summed E-state index contributed by atoms with van der Waals surface area (Å²) in [6.45, 7) is 1.82. The van der Waals surface area contributed by atoms with Gasteiger partial charge < -0.3 is 15.4 Å². The Morgan fingerprint density at radius 2 is 2.22 bits per heavy atom. The van der Waals surface area contributed by atoms with Crippen molar-refractivity contribution in [1.29, 1.82) is 0 Å². The molecule has 23 heavy (non-hydrogen) atoms. The summed E-state index contributed by atoms with van der Waals surface area (Å²) in [5.41, 5.74) is 1.08.